The van der Waals surface area contributed by atoms with E-state index in [1.807, 2.05) is 24.3 Å². The number of benzene rings is 1. The van der Waals surface area contributed by atoms with Gasteiger partial charge in [-0.1, -0.05) is 12.1 Å². The van der Waals surface area contributed by atoms with Gasteiger partial charge in [0.25, 0.3) is 5.88 Å². The molecule has 2 N–H and O–H groups in total. The number of hydrogen-bond donors (Lipinski definition) is 2. The summed E-state index contributed by atoms with van der Waals surface area (Å²) < 4.78 is 5.96. The fourth-order valence-electron chi connectivity index (χ4n) is 2.68. The van der Waals surface area contributed by atoms with Crippen molar-refractivity contribution in [3.63, 3.8) is 0 Å². The standard InChI is InChI=1S/C16H20N4O/c1-2-6-14-13(5-1)19-15(18-11-7-8-11)16(20-14)21-10-12-4-3-9-17-12/h1-2,5-6,11-12,17H,3-4,7-10H2,(H,18,19)/t12-/m0/s1. The first kappa shape index (κ1) is 12.8. The summed E-state index contributed by atoms with van der Waals surface area (Å²) in [7, 11) is 0. The number of rotatable bonds is 5. The summed E-state index contributed by atoms with van der Waals surface area (Å²) in [5, 5.41) is 6.88. The molecule has 1 aliphatic carbocycles. The molecule has 1 saturated carbocycles. The van der Waals surface area contributed by atoms with Gasteiger partial charge in [-0.15, -0.1) is 0 Å². The van der Waals surface area contributed by atoms with Crippen LogP contribution in [0.25, 0.3) is 11.0 Å². The highest BCUT2D eigenvalue weighted by molar-refractivity contribution is 5.77. The third-order valence-corrected chi connectivity index (χ3v) is 4.04. The Bertz CT molecular complexity index is 635. The quantitative estimate of drug-likeness (QED) is 0.882. The SMILES string of the molecule is c1ccc2nc(OC[C@@H]3CCCN3)c(NC3CC3)nc2c1. The first-order valence-electron chi connectivity index (χ1n) is 7.78. The van der Waals surface area contributed by atoms with Gasteiger partial charge in [-0.2, -0.15) is 0 Å². The zero-order valence-electron chi connectivity index (χ0n) is 12.0. The Hall–Kier alpha value is -1.88. The number of ether oxygens (including phenoxy) is 1. The molecule has 2 heterocycles. The maximum atomic E-state index is 5.96. The van der Waals surface area contributed by atoms with Crippen LogP contribution in [0.15, 0.2) is 24.3 Å². The van der Waals surface area contributed by atoms with Crippen LogP contribution in [-0.2, 0) is 0 Å². The van der Waals surface area contributed by atoms with Gasteiger partial charge in [0.05, 0.1) is 11.0 Å². The Kier molecular flexibility index (Phi) is 3.35. The summed E-state index contributed by atoms with van der Waals surface area (Å²) in [6, 6.07) is 8.90. The van der Waals surface area contributed by atoms with Crippen molar-refractivity contribution in [3.05, 3.63) is 24.3 Å². The highest BCUT2D eigenvalue weighted by Crippen LogP contribution is 2.30. The molecule has 0 spiro atoms. The lowest BCUT2D eigenvalue weighted by atomic mass is 10.2. The van der Waals surface area contributed by atoms with Gasteiger partial charge in [-0.25, -0.2) is 9.97 Å². The minimum Gasteiger partial charge on any atom is -0.473 e. The third-order valence-electron chi connectivity index (χ3n) is 4.04. The van der Waals surface area contributed by atoms with Crippen LogP contribution in [0.2, 0.25) is 0 Å². The summed E-state index contributed by atoms with van der Waals surface area (Å²) in [5.41, 5.74) is 1.79. The molecular formula is C16H20N4O. The molecule has 1 atom stereocenters. The molecule has 5 heteroatoms. The van der Waals surface area contributed by atoms with E-state index in [-0.39, 0.29) is 0 Å². The van der Waals surface area contributed by atoms with E-state index in [2.05, 4.69) is 20.6 Å². The van der Waals surface area contributed by atoms with Gasteiger partial charge < -0.3 is 15.4 Å². The normalized spacial score (nSPS) is 21.6. The monoisotopic (exact) mass is 284 g/mol. The zero-order valence-corrected chi connectivity index (χ0v) is 12.0. The van der Waals surface area contributed by atoms with Crippen molar-refractivity contribution >= 4 is 16.9 Å². The largest absolute Gasteiger partial charge is 0.473 e. The van der Waals surface area contributed by atoms with Gasteiger partial charge in [-0.05, 0) is 44.4 Å². The third kappa shape index (κ3) is 2.93. The molecule has 2 aromatic rings. The van der Waals surface area contributed by atoms with Crippen molar-refractivity contribution in [2.75, 3.05) is 18.5 Å². The summed E-state index contributed by atoms with van der Waals surface area (Å²) in [6.45, 7) is 1.75. The number of nitrogens with zero attached hydrogens (tertiary/aromatic N) is 2. The number of anilines is 1. The number of aromatic nitrogens is 2. The van der Waals surface area contributed by atoms with Crippen molar-refractivity contribution in [1.82, 2.24) is 15.3 Å². The van der Waals surface area contributed by atoms with Crippen LogP contribution in [-0.4, -0.2) is 35.2 Å². The molecule has 2 aliphatic rings. The predicted molar refractivity (Wildman–Crippen MR) is 82.7 cm³/mol. The molecule has 1 saturated heterocycles. The van der Waals surface area contributed by atoms with E-state index in [1.54, 1.807) is 0 Å². The molecule has 0 radical (unpaired) electrons. The van der Waals surface area contributed by atoms with Gasteiger partial charge in [0.1, 0.15) is 6.61 Å². The van der Waals surface area contributed by atoms with Crippen LogP contribution in [0.5, 0.6) is 5.88 Å². The first-order valence-corrected chi connectivity index (χ1v) is 7.78. The lowest BCUT2D eigenvalue weighted by molar-refractivity contribution is 0.269. The van der Waals surface area contributed by atoms with Gasteiger partial charge in [0, 0.05) is 12.1 Å². The Balaban J connectivity index is 1.59. The van der Waals surface area contributed by atoms with Crippen LogP contribution >= 0.6 is 0 Å². The molecule has 1 aromatic carbocycles. The second-order valence-corrected chi connectivity index (χ2v) is 5.89. The molecule has 1 aliphatic heterocycles. The van der Waals surface area contributed by atoms with Gasteiger partial charge in [-0.3, -0.25) is 0 Å². The summed E-state index contributed by atoms with van der Waals surface area (Å²) in [6.07, 6.45) is 4.81. The van der Waals surface area contributed by atoms with Crippen molar-refractivity contribution < 1.29 is 4.74 Å². The van der Waals surface area contributed by atoms with E-state index in [1.165, 1.54) is 25.7 Å². The second-order valence-electron chi connectivity index (χ2n) is 5.89. The Morgan fingerprint density at radius 3 is 2.67 bits per heavy atom. The van der Waals surface area contributed by atoms with E-state index in [0.29, 0.717) is 24.6 Å². The average molecular weight is 284 g/mol. The zero-order chi connectivity index (χ0) is 14.1. The Morgan fingerprint density at radius 2 is 1.95 bits per heavy atom. The highest BCUT2D eigenvalue weighted by Gasteiger charge is 2.24. The highest BCUT2D eigenvalue weighted by atomic mass is 16.5. The molecule has 2 fully saturated rings. The number of fused-ring (bicyclic) bond motifs is 1. The van der Waals surface area contributed by atoms with Crippen LogP contribution in [0, 0.1) is 0 Å². The maximum absolute atomic E-state index is 5.96. The second kappa shape index (κ2) is 5.48. The molecule has 0 unspecified atom stereocenters. The van der Waals surface area contributed by atoms with Crippen molar-refractivity contribution in [3.8, 4) is 5.88 Å². The van der Waals surface area contributed by atoms with E-state index >= 15 is 0 Å². The average Bonchev–Trinajstić information content (AvgIpc) is 3.17. The molecule has 0 bridgehead atoms. The summed E-state index contributed by atoms with van der Waals surface area (Å²) >= 11 is 0. The van der Waals surface area contributed by atoms with E-state index in [0.717, 1.165) is 23.4 Å². The fraction of sp³-hybridized carbons (Fsp3) is 0.500. The summed E-state index contributed by atoms with van der Waals surface area (Å²) in [5.74, 6) is 1.42. The molecular weight excluding hydrogens is 264 g/mol. The van der Waals surface area contributed by atoms with E-state index in [9.17, 15) is 0 Å². The topological polar surface area (TPSA) is 59.1 Å². The predicted octanol–water partition coefficient (Wildman–Crippen LogP) is 2.33. The van der Waals surface area contributed by atoms with Gasteiger partial charge >= 0.3 is 0 Å². The van der Waals surface area contributed by atoms with Crippen LogP contribution in [0.4, 0.5) is 5.82 Å². The maximum Gasteiger partial charge on any atom is 0.258 e. The molecule has 4 rings (SSSR count). The van der Waals surface area contributed by atoms with Crippen molar-refractivity contribution in [2.45, 2.75) is 37.8 Å². The minimum atomic E-state index is 0.437. The van der Waals surface area contributed by atoms with E-state index in [4.69, 9.17) is 4.74 Å². The Labute approximate surface area is 124 Å². The molecule has 1 aromatic heterocycles. The van der Waals surface area contributed by atoms with Crippen molar-refractivity contribution in [2.24, 2.45) is 0 Å². The van der Waals surface area contributed by atoms with Gasteiger partial charge in [0.2, 0.25) is 0 Å². The summed E-state index contributed by atoms with van der Waals surface area (Å²) in [4.78, 5) is 9.32. The number of para-hydroxylation sites is 2. The molecule has 110 valence electrons. The van der Waals surface area contributed by atoms with Crippen LogP contribution in [0.1, 0.15) is 25.7 Å². The minimum absolute atomic E-state index is 0.437. The molecule has 0 amide bonds. The van der Waals surface area contributed by atoms with Crippen LogP contribution < -0.4 is 15.4 Å². The lowest BCUT2D eigenvalue weighted by Gasteiger charge is -2.15. The molecule has 5 nitrogen and oxygen atoms in total. The van der Waals surface area contributed by atoms with Crippen molar-refractivity contribution in [1.29, 1.82) is 0 Å². The smallest absolute Gasteiger partial charge is 0.258 e. The van der Waals surface area contributed by atoms with E-state index < -0.39 is 0 Å². The molecule has 21 heavy (non-hydrogen) atoms. The van der Waals surface area contributed by atoms with Gasteiger partial charge in [0.15, 0.2) is 5.82 Å². The fourth-order valence-corrected chi connectivity index (χ4v) is 2.68. The lowest BCUT2D eigenvalue weighted by Crippen LogP contribution is -2.28. The van der Waals surface area contributed by atoms with Crippen LogP contribution in [0.3, 0.4) is 0 Å². The number of nitrogens with one attached hydrogen (secondary N) is 2. The first-order chi connectivity index (χ1) is 10.4. The Morgan fingerprint density at radius 1 is 1.14 bits per heavy atom. The number of hydrogen-bond acceptors (Lipinski definition) is 5.